The average molecular weight is 348 g/mol. The van der Waals surface area contributed by atoms with E-state index in [-0.39, 0.29) is 12.3 Å². The summed E-state index contributed by atoms with van der Waals surface area (Å²) in [7, 11) is 3.04. The van der Waals surface area contributed by atoms with E-state index in [2.05, 4.69) is 5.32 Å². The molecule has 0 fully saturated rings. The molecular weight excluding hydrogens is 330 g/mol. The summed E-state index contributed by atoms with van der Waals surface area (Å²) in [6.45, 7) is 0.701. The van der Waals surface area contributed by atoms with Crippen LogP contribution in [0, 0.1) is 0 Å². The van der Waals surface area contributed by atoms with Crippen LogP contribution in [-0.4, -0.2) is 26.7 Å². The Bertz CT molecular complexity index is 776. The molecule has 0 atom stereocenters. The Balaban J connectivity index is 1.75. The highest BCUT2D eigenvalue weighted by molar-refractivity contribution is 6.32. The van der Waals surface area contributed by atoms with E-state index in [1.807, 2.05) is 18.2 Å². The van der Waals surface area contributed by atoms with Crippen LogP contribution >= 0.6 is 11.6 Å². The van der Waals surface area contributed by atoms with E-state index in [9.17, 15) is 4.79 Å². The lowest BCUT2D eigenvalue weighted by Gasteiger charge is -2.13. The topological polar surface area (TPSA) is 56.8 Å². The summed E-state index contributed by atoms with van der Waals surface area (Å²) in [6, 6.07) is 9.10. The quantitative estimate of drug-likeness (QED) is 0.899. The Kier molecular flexibility index (Phi) is 4.81. The predicted octanol–water partition coefficient (Wildman–Crippen LogP) is 3.47. The Hall–Kier alpha value is -2.40. The highest BCUT2D eigenvalue weighted by Gasteiger charge is 2.15. The summed E-state index contributed by atoms with van der Waals surface area (Å²) in [6.07, 6.45) is 1.15. The van der Waals surface area contributed by atoms with Crippen LogP contribution in [0.1, 0.15) is 11.1 Å². The molecule has 0 saturated carbocycles. The number of carbonyl (C=O) groups is 1. The minimum absolute atomic E-state index is 0.142. The molecule has 0 bridgehead atoms. The van der Waals surface area contributed by atoms with Crippen molar-refractivity contribution in [1.82, 2.24) is 0 Å². The molecule has 0 radical (unpaired) electrons. The Morgan fingerprint density at radius 1 is 1.21 bits per heavy atom. The first-order valence-electron chi connectivity index (χ1n) is 7.56. The molecule has 1 heterocycles. The molecule has 1 N–H and O–H groups in total. The molecule has 0 aromatic heterocycles. The zero-order valence-electron chi connectivity index (χ0n) is 13.5. The van der Waals surface area contributed by atoms with E-state index in [4.69, 9.17) is 25.8 Å². The fourth-order valence-electron chi connectivity index (χ4n) is 2.69. The second-order valence-electron chi connectivity index (χ2n) is 5.45. The van der Waals surface area contributed by atoms with Crippen LogP contribution in [0.2, 0.25) is 5.02 Å². The summed E-state index contributed by atoms with van der Waals surface area (Å²) >= 11 is 6.07. The average Bonchev–Trinajstić information content (AvgIpc) is 3.03. The molecule has 1 amide bonds. The monoisotopic (exact) mass is 347 g/mol. The summed E-state index contributed by atoms with van der Waals surface area (Å²) in [5, 5.41) is 3.27. The number of amides is 1. The van der Waals surface area contributed by atoms with Gasteiger partial charge in [0.15, 0.2) is 0 Å². The van der Waals surface area contributed by atoms with Gasteiger partial charge in [-0.25, -0.2) is 0 Å². The van der Waals surface area contributed by atoms with Crippen molar-refractivity contribution >= 4 is 23.2 Å². The largest absolute Gasteiger partial charge is 0.495 e. The maximum atomic E-state index is 12.4. The number of methoxy groups -OCH3 is 2. The lowest BCUT2D eigenvalue weighted by molar-refractivity contribution is -0.115. The van der Waals surface area contributed by atoms with E-state index < -0.39 is 0 Å². The van der Waals surface area contributed by atoms with Gasteiger partial charge >= 0.3 is 0 Å². The molecule has 0 unspecified atom stereocenters. The van der Waals surface area contributed by atoms with Crippen molar-refractivity contribution in [3.63, 3.8) is 0 Å². The van der Waals surface area contributed by atoms with Crippen molar-refractivity contribution in [3.8, 4) is 17.2 Å². The van der Waals surface area contributed by atoms with Gasteiger partial charge in [-0.15, -0.1) is 0 Å². The number of carbonyl (C=O) groups excluding carboxylic acids is 1. The van der Waals surface area contributed by atoms with Crippen LogP contribution < -0.4 is 19.5 Å². The van der Waals surface area contributed by atoms with E-state index in [0.717, 1.165) is 23.3 Å². The number of benzene rings is 2. The van der Waals surface area contributed by atoms with Gasteiger partial charge in [0.25, 0.3) is 0 Å². The fourth-order valence-corrected chi connectivity index (χ4v) is 2.92. The van der Waals surface area contributed by atoms with E-state index in [1.165, 1.54) is 14.2 Å². The molecule has 2 aromatic carbocycles. The maximum Gasteiger partial charge on any atom is 0.228 e. The van der Waals surface area contributed by atoms with Crippen LogP contribution in [0.25, 0.3) is 0 Å². The smallest absolute Gasteiger partial charge is 0.228 e. The minimum Gasteiger partial charge on any atom is -0.495 e. The van der Waals surface area contributed by atoms with E-state index >= 15 is 0 Å². The molecule has 1 aliphatic rings. The molecular formula is C18H18ClNO4. The number of ether oxygens (including phenoxy) is 3. The van der Waals surface area contributed by atoms with Crippen LogP contribution in [0.15, 0.2) is 30.3 Å². The molecule has 6 heteroatoms. The van der Waals surface area contributed by atoms with Gasteiger partial charge in [-0.1, -0.05) is 23.7 Å². The SMILES string of the molecule is COc1cc(NC(=O)Cc2ccc3c(c2)CCO3)c(OC)cc1Cl. The van der Waals surface area contributed by atoms with Crippen LogP contribution in [0.4, 0.5) is 5.69 Å². The van der Waals surface area contributed by atoms with Gasteiger partial charge in [-0.05, 0) is 17.2 Å². The van der Waals surface area contributed by atoms with Crippen molar-refractivity contribution in [2.24, 2.45) is 0 Å². The first kappa shape index (κ1) is 16.5. The zero-order valence-corrected chi connectivity index (χ0v) is 14.3. The second kappa shape index (κ2) is 7.01. The molecule has 2 aromatic rings. The Morgan fingerprint density at radius 3 is 2.75 bits per heavy atom. The molecule has 0 saturated heterocycles. The van der Waals surface area contributed by atoms with E-state index in [1.54, 1.807) is 12.1 Å². The van der Waals surface area contributed by atoms with Crippen molar-refractivity contribution in [3.05, 3.63) is 46.5 Å². The summed E-state index contributed by atoms with van der Waals surface area (Å²) < 4.78 is 15.9. The highest BCUT2D eigenvalue weighted by atomic mass is 35.5. The lowest BCUT2D eigenvalue weighted by Crippen LogP contribution is -2.15. The predicted molar refractivity (Wildman–Crippen MR) is 92.5 cm³/mol. The second-order valence-corrected chi connectivity index (χ2v) is 5.86. The molecule has 3 rings (SSSR count). The van der Waals surface area contributed by atoms with Crippen molar-refractivity contribution < 1.29 is 19.0 Å². The number of nitrogens with one attached hydrogen (secondary N) is 1. The number of fused-ring (bicyclic) bond motifs is 1. The third-order valence-corrected chi connectivity index (χ3v) is 4.16. The number of hydrogen-bond donors (Lipinski definition) is 1. The minimum atomic E-state index is -0.142. The highest BCUT2D eigenvalue weighted by Crippen LogP contribution is 2.36. The van der Waals surface area contributed by atoms with Crippen LogP contribution in [0.5, 0.6) is 17.2 Å². The van der Waals surface area contributed by atoms with Gasteiger partial charge in [-0.2, -0.15) is 0 Å². The summed E-state index contributed by atoms with van der Waals surface area (Å²) in [5.41, 5.74) is 2.61. The normalized spacial score (nSPS) is 12.3. The third-order valence-electron chi connectivity index (χ3n) is 3.87. The maximum absolute atomic E-state index is 12.4. The molecule has 126 valence electrons. The summed E-state index contributed by atoms with van der Waals surface area (Å²) in [4.78, 5) is 12.4. The summed E-state index contributed by atoms with van der Waals surface area (Å²) in [5.74, 6) is 1.72. The lowest BCUT2D eigenvalue weighted by atomic mass is 10.1. The molecule has 5 nitrogen and oxygen atoms in total. The first-order valence-corrected chi connectivity index (χ1v) is 7.94. The number of hydrogen-bond acceptors (Lipinski definition) is 4. The molecule has 0 aliphatic carbocycles. The van der Waals surface area contributed by atoms with Crippen molar-refractivity contribution in [2.75, 3.05) is 26.1 Å². The van der Waals surface area contributed by atoms with E-state index in [0.29, 0.717) is 28.8 Å². The Morgan fingerprint density at radius 2 is 2.00 bits per heavy atom. The van der Waals surface area contributed by atoms with Crippen LogP contribution in [0.3, 0.4) is 0 Å². The van der Waals surface area contributed by atoms with Gasteiger partial charge in [0, 0.05) is 18.6 Å². The molecule has 24 heavy (non-hydrogen) atoms. The van der Waals surface area contributed by atoms with Gasteiger partial charge in [0.2, 0.25) is 5.91 Å². The molecule has 1 aliphatic heterocycles. The van der Waals surface area contributed by atoms with Crippen LogP contribution in [-0.2, 0) is 17.6 Å². The first-order chi connectivity index (χ1) is 11.6. The van der Waals surface area contributed by atoms with Gasteiger partial charge < -0.3 is 19.5 Å². The number of rotatable bonds is 5. The van der Waals surface area contributed by atoms with Crippen molar-refractivity contribution in [2.45, 2.75) is 12.8 Å². The van der Waals surface area contributed by atoms with Crippen molar-refractivity contribution in [1.29, 1.82) is 0 Å². The van der Waals surface area contributed by atoms with Gasteiger partial charge in [0.05, 0.1) is 38.0 Å². The standard InChI is InChI=1S/C18H18ClNO4/c1-22-16-10-14(17(23-2)9-13(16)19)20-18(21)8-11-3-4-15-12(7-11)5-6-24-15/h3-4,7,9-10H,5-6,8H2,1-2H3,(H,20,21). The fraction of sp³-hybridized carbons (Fsp3) is 0.278. The number of halogens is 1. The molecule has 0 spiro atoms. The Labute approximate surface area is 145 Å². The number of anilines is 1. The van der Waals surface area contributed by atoms with Gasteiger partial charge in [-0.3, -0.25) is 4.79 Å². The van der Waals surface area contributed by atoms with Gasteiger partial charge in [0.1, 0.15) is 17.2 Å². The third kappa shape index (κ3) is 3.41. The zero-order chi connectivity index (χ0) is 17.1.